The minimum absolute atomic E-state index is 0.149. The fourth-order valence-corrected chi connectivity index (χ4v) is 2.97. The largest absolute Gasteiger partial charge is 0.459 e. The lowest BCUT2D eigenvalue weighted by molar-refractivity contribution is 0.251. The molecule has 3 aromatic rings. The topological polar surface area (TPSA) is 111 Å². The number of urea groups is 1. The Balaban J connectivity index is 1.38. The van der Waals surface area contributed by atoms with Gasteiger partial charge < -0.3 is 14.3 Å². The zero-order valence-electron chi connectivity index (χ0n) is 13.8. The van der Waals surface area contributed by atoms with Crippen LogP contribution in [0.15, 0.2) is 27.3 Å². The fraction of sp³-hybridized carbons (Fsp3) is 0.375. The highest BCUT2D eigenvalue weighted by molar-refractivity contribution is 5.89. The average molecular weight is 342 g/mol. The van der Waals surface area contributed by atoms with Gasteiger partial charge >= 0.3 is 6.03 Å². The third kappa shape index (κ3) is 3.12. The quantitative estimate of drug-likeness (QED) is 0.752. The molecule has 9 nitrogen and oxygen atoms in total. The molecule has 4 rings (SSSR count). The Morgan fingerprint density at radius 1 is 1.36 bits per heavy atom. The standard InChI is InChI=1S/C16H18N6O3/c1-22-14(10-5-2-3-6-11(10)20-22)19-16(23)17-9-13-18-15(25-21-13)12-7-4-8-24-12/h4,7-8H,2-3,5-6,9H2,1H3,(H2,17,19,23). The van der Waals surface area contributed by atoms with Crippen LogP contribution < -0.4 is 10.6 Å². The van der Waals surface area contributed by atoms with Gasteiger partial charge in [0.15, 0.2) is 11.6 Å². The number of carbonyl (C=O) groups excluding carboxylic acids is 1. The first kappa shape index (κ1) is 15.4. The number of hydrogen-bond donors (Lipinski definition) is 2. The van der Waals surface area contributed by atoms with Crippen molar-refractivity contribution in [2.75, 3.05) is 5.32 Å². The molecule has 130 valence electrons. The zero-order chi connectivity index (χ0) is 17.2. The summed E-state index contributed by atoms with van der Waals surface area (Å²) < 4.78 is 12.0. The molecule has 2 N–H and O–H groups in total. The molecule has 25 heavy (non-hydrogen) atoms. The van der Waals surface area contributed by atoms with Gasteiger partial charge in [0.05, 0.1) is 18.5 Å². The van der Waals surface area contributed by atoms with Crippen molar-refractivity contribution in [2.24, 2.45) is 7.05 Å². The Kier molecular flexibility index (Phi) is 3.96. The van der Waals surface area contributed by atoms with Gasteiger partial charge in [0.2, 0.25) is 0 Å². The SMILES string of the molecule is Cn1nc2c(c1NC(=O)NCc1noc(-c3ccco3)n1)CCCC2. The number of furan rings is 1. The maximum absolute atomic E-state index is 12.2. The first-order valence-corrected chi connectivity index (χ1v) is 8.17. The number of anilines is 1. The van der Waals surface area contributed by atoms with Gasteiger partial charge in [0.1, 0.15) is 5.82 Å². The molecule has 0 atom stereocenters. The van der Waals surface area contributed by atoms with Crippen LogP contribution in [0.1, 0.15) is 29.9 Å². The highest BCUT2D eigenvalue weighted by atomic mass is 16.5. The second-order valence-electron chi connectivity index (χ2n) is 5.91. The van der Waals surface area contributed by atoms with Crippen LogP contribution in [0.4, 0.5) is 10.6 Å². The number of rotatable bonds is 4. The molecule has 2 amide bonds. The summed E-state index contributed by atoms with van der Waals surface area (Å²) >= 11 is 0. The number of amides is 2. The van der Waals surface area contributed by atoms with Gasteiger partial charge in [-0.1, -0.05) is 5.16 Å². The molecule has 1 aliphatic rings. The summed E-state index contributed by atoms with van der Waals surface area (Å²) in [6, 6.07) is 3.13. The van der Waals surface area contributed by atoms with Crippen molar-refractivity contribution in [2.45, 2.75) is 32.2 Å². The molecule has 0 radical (unpaired) electrons. The van der Waals surface area contributed by atoms with Gasteiger partial charge in [-0.3, -0.25) is 10.00 Å². The molecule has 0 saturated heterocycles. The molecule has 0 fully saturated rings. The smallest absolute Gasteiger partial charge is 0.320 e. The van der Waals surface area contributed by atoms with Crippen molar-refractivity contribution < 1.29 is 13.7 Å². The number of nitrogens with one attached hydrogen (secondary N) is 2. The summed E-state index contributed by atoms with van der Waals surface area (Å²) in [6.07, 6.45) is 5.69. The summed E-state index contributed by atoms with van der Waals surface area (Å²) in [5.74, 6) is 1.89. The molecular weight excluding hydrogens is 324 g/mol. The highest BCUT2D eigenvalue weighted by Gasteiger charge is 2.20. The van der Waals surface area contributed by atoms with E-state index in [9.17, 15) is 4.79 Å². The molecule has 3 heterocycles. The third-order valence-corrected chi connectivity index (χ3v) is 4.16. The molecule has 9 heteroatoms. The molecule has 1 aliphatic carbocycles. The Hall–Kier alpha value is -3.10. The van der Waals surface area contributed by atoms with E-state index in [0.717, 1.165) is 42.8 Å². The van der Waals surface area contributed by atoms with E-state index in [4.69, 9.17) is 8.94 Å². The normalized spacial score (nSPS) is 13.5. The summed E-state index contributed by atoms with van der Waals surface area (Å²) in [4.78, 5) is 16.4. The minimum atomic E-state index is -0.333. The Bertz CT molecular complexity index is 880. The second kappa shape index (κ2) is 6.42. The van der Waals surface area contributed by atoms with Gasteiger partial charge in [0.25, 0.3) is 5.89 Å². The van der Waals surface area contributed by atoms with Crippen LogP contribution in [0.25, 0.3) is 11.7 Å². The van der Waals surface area contributed by atoms with Crippen LogP contribution in [0.5, 0.6) is 0 Å². The van der Waals surface area contributed by atoms with Crippen LogP contribution in [0, 0.1) is 0 Å². The van der Waals surface area contributed by atoms with Crippen LogP contribution >= 0.6 is 0 Å². The Morgan fingerprint density at radius 2 is 2.24 bits per heavy atom. The van der Waals surface area contributed by atoms with Crippen LogP contribution in [0.2, 0.25) is 0 Å². The van der Waals surface area contributed by atoms with Gasteiger partial charge in [-0.25, -0.2) is 4.79 Å². The van der Waals surface area contributed by atoms with Gasteiger partial charge in [-0.2, -0.15) is 10.1 Å². The fourth-order valence-electron chi connectivity index (χ4n) is 2.97. The number of carbonyl (C=O) groups is 1. The van der Waals surface area contributed by atoms with Crippen LogP contribution in [0.3, 0.4) is 0 Å². The van der Waals surface area contributed by atoms with E-state index in [0.29, 0.717) is 11.6 Å². The lowest BCUT2D eigenvalue weighted by Gasteiger charge is -2.12. The van der Waals surface area contributed by atoms with Crippen molar-refractivity contribution in [1.82, 2.24) is 25.2 Å². The number of hydrogen-bond acceptors (Lipinski definition) is 6. The monoisotopic (exact) mass is 342 g/mol. The van der Waals surface area contributed by atoms with E-state index in [1.54, 1.807) is 16.8 Å². The Morgan fingerprint density at radius 3 is 3.08 bits per heavy atom. The van der Waals surface area contributed by atoms with Gasteiger partial charge in [0, 0.05) is 12.6 Å². The van der Waals surface area contributed by atoms with Crippen molar-refractivity contribution in [1.29, 1.82) is 0 Å². The molecule has 0 saturated carbocycles. The maximum Gasteiger partial charge on any atom is 0.320 e. The molecule has 3 aromatic heterocycles. The summed E-state index contributed by atoms with van der Waals surface area (Å²) in [5, 5.41) is 13.9. The predicted molar refractivity (Wildman–Crippen MR) is 87.7 cm³/mol. The molecule has 0 aliphatic heterocycles. The van der Waals surface area contributed by atoms with E-state index >= 15 is 0 Å². The highest BCUT2D eigenvalue weighted by Crippen LogP contribution is 2.27. The van der Waals surface area contributed by atoms with Crippen LogP contribution in [-0.4, -0.2) is 26.0 Å². The molecule has 0 aromatic carbocycles. The molecule has 0 unspecified atom stereocenters. The number of aromatic nitrogens is 4. The first-order chi connectivity index (χ1) is 12.2. The number of nitrogens with zero attached hydrogens (tertiary/aromatic N) is 4. The summed E-state index contributed by atoms with van der Waals surface area (Å²) in [7, 11) is 1.84. The summed E-state index contributed by atoms with van der Waals surface area (Å²) in [5.41, 5.74) is 2.20. The van der Waals surface area contributed by atoms with E-state index < -0.39 is 0 Å². The maximum atomic E-state index is 12.2. The average Bonchev–Trinajstić information content (AvgIpc) is 3.33. The summed E-state index contributed by atoms with van der Waals surface area (Å²) in [6.45, 7) is 0.149. The second-order valence-corrected chi connectivity index (χ2v) is 5.91. The van der Waals surface area contributed by atoms with Crippen molar-refractivity contribution >= 4 is 11.8 Å². The van der Waals surface area contributed by atoms with E-state index in [2.05, 4.69) is 25.9 Å². The minimum Gasteiger partial charge on any atom is -0.459 e. The zero-order valence-corrected chi connectivity index (χ0v) is 13.8. The first-order valence-electron chi connectivity index (χ1n) is 8.17. The third-order valence-electron chi connectivity index (χ3n) is 4.16. The van der Waals surface area contributed by atoms with Crippen molar-refractivity contribution in [3.63, 3.8) is 0 Å². The van der Waals surface area contributed by atoms with Gasteiger partial charge in [-0.05, 0) is 37.8 Å². The molecular formula is C16H18N6O3. The lowest BCUT2D eigenvalue weighted by atomic mass is 9.97. The number of fused-ring (bicyclic) bond motifs is 1. The van der Waals surface area contributed by atoms with E-state index in [1.807, 2.05) is 7.05 Å². The van der Waals surface area contributed by atoms with E-state index in [-0.39, 0.29) is 18.5 Å². The van der Waals surface area contributed by atoms with E-state index in [1.165, 1.54) is 6.26 Å². The van der Waals surface area contributed by atoms with Crippen molar-refractivity contribution in [3.8, 4) is 11.7 Å². The lowest BCUT2D eigenvalue weighted by Crippen LogP contribution is -2.30. The van der Waals surface area contributed by atoms with Gasteiger partial charge in [-0.15, -0.1) is 0 Å². The van der Waals surface area contributed by atoms with Crippen molar-refractivity contribution in [3.05, 3.63) is 35.5 Å². The molecule has 0 spiro atoms. The van der Waals surface area contributed by atoms with Crippen LogP contribution in [-0.2, 0) is 26.4 Å². The Labute approximate surface area is 143 Å². The predicted octanol–water partition coefficient (Wildman–Crippen LogP) is 2.26. The molecule has 0 bridgehead atoms. The number of aryl methyl sites for hydroxylation is 2.